The number of rotatable bonds is 3. The molecule has 1 amide bonds. The van der Waals surface area contributed by atoms with Gasteiger partial charge in [0.2, 0.25) is 0 Å². The molecule has 0 radical (unpaired) electrons. The molecule has 22 heavy (non-hydrogen) atoms. The Morgan fingerprint density at radius 2 is 1.82 bits per heavy atom. The van der Waals surface area contributed by atoms with E-state index < -0.39 is 17.7 Å². The largest absolute Gasteiger partial charge is 0.465 e. The van der Waals surface area contributed by atoms with Crippen molar-refractivity contribution >= 4 is 24.0 Å². The normalized spacial score (nSPS) is 10.8. The smallest absolute Gasteiger partial charge is 0.414 e. The second kappa shape index (κ2) is 6.60. The number of carbonyl (C=O) groups excluding carboxylic acids is 3. The molecule has 0 aliphatic heterocycles. The van der Waals surface area contributed by atoms with Gasteiger partial charge in [-0.2, -0.15) is 0 Å². The van der Waals surface area contributed by atoms with E-state index in [9.17, 15) is 14.4 Å². The number of methoxy groups -OCH3 is 1. The number of anilines is 1. The number of nitrogens with zero attached hydrogens (tertiary/aromatic N) is 1. The number of esters is 1. The van der Waals surface area contributed by atoms with E-state index in [1.165, 1.54) is 31.2 Å². The van der Waals surface area contributed by atoms with Gasteiger partial charge in [-0.15, -0.1) is 0 Å². The third-order valence-corrected chi connectivity index (χ3v) is 2.97. The highest BCUT2D eigenvalue weighted by molar-refractivity contribution is 5.98. The summed E-state index contributed by atoms with van der Waals surface area (Å²) >= 11 is 0. The molecule has 0 saturated carbocycles. The van der Waals surface area contributed by atoms with Gasteiger partial charge in [0.05, 0.1) is 18.4 Å². The van der Waals surface area contributed by atoms with E-state index in [2.05, 4.69) is 0 Å². The summed E-state index contributed by atoms with van der Waals surface area (Å²) in [5.41, 5.74) is 0.811. The average molecular weight is 307 g/mol. The molecule has 0 heterocycles. The number of hydrogen-bond acceptors (Lipinski definition) is 5. The number of aldehydes is 1. The summed E-state index contributed by atoms with van der Waals surface area (Å²) in [6.07, 6.45) is 0.0349. The fraction of sp³-hybridized carbons (Fsp3) is 0.438. The van der Waals surface area contributed by atoms with Crippen molar-refractivity contribution in [1.82, 2.24) is 0 Å². The van der Waals surface area contributed by atoms with Gasteiger partial charge in [0.1, 0.15) is 11.9 Å². The van der Waals surface area contributed by atoms with Crippen molar-refractivity contribution in [2.45, 2.75) is 33.3 Å². The van der Waals surface area contributed by atoms with Gasteiger partial charge in [-0.25, -0.2) is 9.59 Å². The van der Waals surface area contributed by atoms with Crippen LogP contribution < -0.4 is 4.90 Å². The van der Waals surface area contributed by atoms with Crippen LogP contribution in [0.3, 0.4) is 0 Å². The number of amides is 1. The lowest BCUT2D eigenvalue weighted by Gasteiger charge is -2.26. The molecule has 1 rings (SSSR count). The van der Waals surface area contributed by atoms with Crippen LogP contribution in [0.25, 0.3) is 0 Å². The number of benzene rings is 1. The van der Waals surface area contributed by atoms with Crippen molar-refractivity contribution < 1.29 is 23.9 Å². The minimum absolute atomic E-state index is 0.234. The van der Waals surface area contributed by atoms with Gasteiger partial charge in [-0.1, -0.05) is 0 Å². The zero-order valence-electron chi connectivity index (χ0n) is 13.7. The molecule has 6 nitrogen and oxygen atoms in total. The Hall–Kier alpha value is -2.37. The molecular formula is C16H21NO5. The van der Waals surface area contributed by atoms with Crippen molar-refractivity contribution in [3.63, 3.8) is 0 Å². The van der Waals surface area contributed by atoms with E-state index in [0.29, 0.717) is 17.5 Å². The van der Waals surface area contributed by atoms with E-state index in [1.807, 2.05) is 0 Å². The Bertz CT molecular complexity index is 601. The molecular weight excluding hydrogens is 286 g/mol. The lowest BCUT2D eigenvalue weighted by atomic mass is 10.0. The average Bonchev–Trinajstić information content (AvgIpc) is 2.44. The van der Waals surface area contributed by atoms with Gasteiger partial charge in [-0.3, -0.25) is 9.69 Å². The third kappa shape index (κ3) is 4.07. The van der Waals surface area contributed by atoms with E-state index in [4.69, 9.17) is 9.47 Å². The zero-order chi connectivity index (χ0) is 17.1. The van der Waals surface area contributed by atoms with Crippen molar-refractivity contribution in [1.29, 1.82) is 0 Å². The summed E-state index contributed by atoms with van der Waals surface area (Å²) in [4.78, 5) is 36.3. The molecule has 0 atom stereocenters. The lowest BCUT2D eigenvalue weighted by Crippen LogP contribution is -2.34. The SMILES string of the molecule is COC(=O)c1cc(C=O)cc(N(C)C(=O)OC(C)(C)C)c1C. The summed E-state index contributed by atoms with van der Waals surface area (Å²) in [6.45, 7) is 6.95. The van der Waals surface area contributed by atoms with E-state index in [-0.39, 0.29) is 11.1 Å². The molecule has 0 aliphatic rings. The highest BCUT2D eigenvalue weighted by Gasteiger charge is 2.24. The number of ether oxygens (including phenoxy) is 2. The molecule has 0 N–H and O–H groups in total. The molecule has 1 aromatic rings. The van der Waals surface area contributed by atoms with Crippen LogP contribution in [0.1, 0.15) is 47.1 Å². The maximum Gasteiger partial charge on any atom is 0.414 e. The summed E-state index contributed by atoms with van der Waals surface area (Å²) in [6, 6.07) is 2.96. The van der Waals surface area contributed by atoms with Gasteiger partial charge in [0.15, 0.2) is 0 Å². The van der Waals surface area contributed by atoms with Gasteiger partial charge >= 0.3 is 12.1 Å². The molecule has 6 heteroatoms. The molecule has 0 unspecified atom stereocenters. The first-order chi connectivity index (χ1) is 10.1. The van der Waals surface area contributed by atoms with E-state index >= 15 is 0 Å². The Balaban J connectivity index is 3.31. The molecule has 0 spiro atoms. The van der Waals surface area contributed by atoms with Gasteiger partial charge < -0.3 is 9.47 Å². The summed E-state index contributed by atoms with van der Waals surface area (Å²) < 4.78 is 9.99. The van der Waals surface area contributed by atoms with Crippen LogP contribution in [-0.4, -0.2) is 38.1 Å². The third-order valence-electron chi connectivity index (χ3n) is 2.97. The second-order valence-electron chi connectivity index (χ2n) is 5.86. The molecule has 0 fully saturated rings. The molecule has 0 aliphatic carbocycles. The summed E-state index contributed by atoms with van der Waals surface area (Å²) in [7, 11) is 2.78. The highest BCUT2D eigenvalue weighted by atomic mass is 16.6. The van der Waals surface area contributed by atoms with Crippen LogP contribution in [-0.2, 0) is 9.47 Å². The van der Waals surface area contributed by atoms with Crippen LogP contribution in [0.4, 0.5) is 10.5 Å². The topological polar surface area (TPSA) is 72.9 Å². The van der Waals surface area contributed by atoms with Crippen LogP contribution in [0.5, 0.6) is 0 Å². The quantitative estimate of drug-likeness (QED) is 0.634. The zero-order valence-corrected chi connectivity index (χ0v) is 13.7. The molecule has 0 bridgehead atoms. The number of carbonyl (C=O) groups is 3. The molecule has 0 aromatic heterocycles. The standard InChI is InChI=1S/C16H21NO5/c1-10-12(14(19)21-6)7-11(9-18)8-13(10)17(5)15(20)22-16(2,3)4/h7-9H,1-6H3. The monoisotopic (exact) mass is 307 g/mol. The fourth-order valence-corrected chi connectivity index (χ4v) is 1.89. The van der Waals surface area contributed by atoms with Crippen molar-refractivity contribution in [3.05, 3.63) is 28.8 Å². The van der Waals surface area contributed by atoms with E-state index in [0.717, 1.165) is 0 Å². The predicted molar refractivity (Wildman–Crippen MR) is 82.5 cm³/mol. The fourth-order valence-electron chi connectivity index (χ4n) is 1.89. The van der Waals surface area contributed by atoms with Crippen molar-refractivity contribution in [2.24, 2.45) is 0 Å². The second-order valence-corrected chi connectivity index (χ2v) is 5.86. The Morgan fingerprint density at radius 1 is 1.23 bits per heavy atom. The molecule has 0 saturated heterocycles. The minimum atomic E-state index is -0.646. The van der Waals surface area contributed by atoms with Crippen LogP contribution in [0, 0.1) is 6.92 Å². The Labute approximate surface area is 130 Å². The Kier molecular flexibility index (Phi) is 5.30. The number of hydrogen-bond donors (Lipinski definition) is 0. The van der Waals surface area contributed by atoms with Crippen LogP contribution in [0.15, 0.2) is 12.1 Å². The van der Waals surface area contributed by atoms with E-state index in [1.54, 1.807) is 27.7 Å². The van der Waals surface area contributed by atoms with Crippen molar-refractivity contribution in [3.8, 4) is 0 Å². The first-order valence-corrected chi connectivity index (χ1v) is 6.75. The van der Waals surface area contributed by atoms with Gasteiger partial charge in [0.25, 0.3) is 0 Å². The summed E-state index contributed by atoms with van der Waals surface area (Å²) in [5, 5.41) is 0. The first kappa shape index (κ1) is 17.7. The van der Waals surface area contributed by atoms with Crippen molar-refractivity contribution in [2.75, 3.05) is 19.1 Å². The lowest BCUT2D eigenvalue weighted by molar-refractivity contribution is 0.0579. The van der Waals surface area contributed by atoms with Crippen LogP contribution in [0.2, 0.25) is 0 Å². The maximum absolute atomic E-state index is 12.2. The molecule has 120 valence electrons. The Morgan fingerprint density at radius 3 is 2.27 bits per heavy atom. The predicted octanol–water partition coefficient (Wildman–Crippen LogP) is 2.97. The van der Waals surface area contributed by atoms with Gasteiger partial charge in [-0.05, 0) is 45.4 Å². The van der Waals surface area contributed by atoms with Crippen LogP contribution >= 0.6 is 0 Å². The highest BCUT2D eigenvalue weighted by Crippen LogP contribution is 2.26. The molecule has 1 aromatic carbocycles. The first-order valence-electron chi connectivity index (χ1n) is 6.75. The minimum Gasteiger partial charge on any atom is -0.465 e. The summed E-state index contributed by atoms with van der Waals surface area (Å²) in [5.74, 6) is -0.569. The van der Waals surface area contributed by atoms with Gasteiger partial charge in [0, 0.05) is 12.6 Å². The maximum atomic E-state index is 12.2.